The summed E-state index contributed by atoms with van der Waals surface area (Å²) in [6.07, 6.45) is 0. The van der Waals surface area contributed by atoms with Crippen molar-refractivity contribution in [1.29, 1.82) is 0 Å². The Morgan fingerprint density at radius 3 is 1.56 bits per heavy atom. The Morgan fingerprint density at radius 2 is 0.864 bits per heavy atom. The van der Waals surface area contributed by atoms with Gasteiger partial charge in [-0.25, -0.2) is 15.0 Å². The Kier molecular flexibility index (Phi) is 7.10. The molecule has 66 heavy (non-hydrogen) atoms. The van der Waals surface area contributed by atoms with Gasteiger partial charge in [0.05, 0.1) is 22.3 Å². The summed E-state index contributed by atoms with van der Waals surface area (Å²) in [6.45, 7) is 0. The maximum atomic E-state index is 7.16. The second-order valence-electron chi connectivity index (χ2n) is 17.0. The fraction of sp³-hybridized carbons (Fsp3) is 0. The molecule has 0 saturated heterocycles. The van der Waals surface area contributed by atoms with E-state index in [-0.39, 0.29) is 0 Å². The highest BCUT2D eigenvalue weighted by atomic mass is 16.3. The number of hydrogen-bond donors (Lipinski definition) is 0. The van der Waals surface area contributed by atoms with Crippen molar-refractivity contribution >= 4 is 109 Å². The first-order chi connectivity index (χ1) is 32.7. The zero-order chi connectivity index (χ0) is 43.0. The van der Waals surface area contributed by atoms with Gasteiger partial charge in [0, 0.05) is 54.2 Å². The van der Waals surface area contributed by atoms with Crippen LogP contribution >= 0.6 is 0 Å². The minimum Gasteiger partial charge on any atom is -0.456 e. The second-order valence-corrected chi connectivity index (χ2v) is 17.0. The molecule has 0 bridgehead atoms. The highest BCUT2D eigenvalue weighted by Crippen LogP contribution is 2.46. The summed E-state index contributed by atoms with van der Waals surface area (Å²) in [5.74, 6) is 1.49. The average Bonchev–Trinajstić information content (AvgIpc) is 4.14. The minimum atomic E-state index is 0.472. The number of furan rings is 3. The van der Waals surface area contributed by atoms with Crippen LogP contribution < -0.4 is 0 Å². The molecule has 15 aromatic rings. The summed E-state index contributed by atoms with van der Waals surface area (Å²) in [6, 6.07) is 67.3. The molecular weight excluding hydrogens is 813 g/mol. The zero-order valence-electron chi connectivity index (χ0n) is 35.0. The SMILES string of the molecule is c1ccc2cc3c(cc2c1)c1ccccc1n3-c1ccc2c(oc3ccc4ccccc4c32)c1-c1nc(-c2cccc3oc4ccccc4c23)nc(-c2cccc3oc4ccccc4c23)n1. The van der Waals surface area contributed by atoms with Crippen molar-refractivity contribution in [2.24, 2.45) is 0 Å². The Labute approximate surface area is 374 Å². The van der Waals surface area contributed by atoms with Crippen molar-refractivity contribution in [2.45, 2.75) is 0 Å². The lowest BCUT2D eigenvalue weighted by atomic mass is 10.0. The van der Waals surface area contributed by atoms with Gasteiger partial charge in [-0.05, 0) is 82.2 Å². The summed E-state index contributed by atoms with van der Waals surface area (Å²) in [5, 5.41) is 12.7. The van der Waals surface area contributed by atoms with Crippen LogP contribution in [0.2, 0.25) is 0 Å². The van der Waals surface area contributed by atoms with Gasteiger partial charge in [-0.3, -0.25) is 0 Å². The summed E-state index contributed by atoms with van der Waals surface area (Å²) < 4.78 is 22.4. The van der Waals surface area contributed by atoms with E-state index >= 15 is 0 Å². The standard InChI is InChI=1S/C59H32N4O3/c1-2-15-35-32-46-43(31-34(35)14-1)37-17-5-8-22-44(37)63(46)45-29-28-40-52-36-16-4-3-13-33(36)27-30-51(52)66-56(40)55(45)59-61-57(41-20-11-25-49-53(41)38-18-6-9-23-47(38)64-49)60-58(62-59)42-21-12-26-50-54(42)39-19-7-10-24-48(39)65-50/h1-32H. The van der Waals surface area contributed by atoms with E-state index in [0.717, 1.165) is 121 Å². The third-order valence-corrected chi connectivity index (χ3v) is 13.4. The van der Waals surface area contributed by atoms with Gasteiger partial charge in [0.2, 0.25) is 0 Å². The molecule has 0 aliphatic heterocycles. The van der Waals surface area contributed by atoms with E-state index in [1.807, 2.05) is 60.7 Å². The van der Waals surface area contributed by atoms with E-state index in [4.69, 9.17) is 28.2 Å². The molecule has 7 heteroatoms. The summed E-state index contributed by atoms with van der Waals surface area (Å²) in [7, 11) is 0. The minimum absolute atomic E-state index is 0.472. The van der Waals surface area contributed by atoms with Gasteiger partial charge < -0.3 is 17.8 Å². The number of rotatable bonds is 4. The van der Waals surface area contributed by atoms with Crippen LogP contribution in [0.25, 0.3) is 149 Å². The van der Waals surface area contributed by atoms with Crippen molar-refractivity contribution in [3.63, 3.8) is 0 Å². The fourth-order valence-electron chi connectivity index (χ4n) is 10.6. The van der Waals surface area contributed by atoms with Crippen molar-refractivity contribution in [2.75, 3.05) is 0 Å². The molecule has 0 aliphatic carbocycles. The topological polar surface area (TPSA) is 83.0 Å². The van der Waals surface area contributed by atoms with E-state index in [2.05, 4.69) is 138 Å². The lowest BCUT2D eigenvalue weighted by molar-refractivity contribution is 0.668. The third-order valence-electron chi connectivity index (χ3n) is 13.4. The van der Waals surface area contributed by atoms with Crippen molar-refractivity contribution in [3.05, 3.63) is 194 Å². The van der Waals surface area contributed by atoms with Crippen LogP contribution in [-0.2, 0) is 0 Å². The number of nitrogens with zero attached hydrogens (tertiary/aromatic N) is 4. The molecule has 10 aromatic carbocycles. The van der Waals surface area contributed by atoms with Crippen LogP contribution in [0.3, 0.4) is 0 Å². The molecule has 0 radical (unpaired) electrons. The molecule has 5 heterocycles. The smallest absolute Gasteiger partial charge is 0.170 e. The Hall–Kier alpha value is -9.07. The lowest BCUT2D eigenvalue weighted by Crippen LogP contribution is -2.04. The quantitative estimate of drug-likeness (QED) is 0.175. The number of hydrogen-bond acceptors (Lipinski definition) is 6. The number of para-hydroxylation sites is 3. The maximum absolute atomic E-state index is 7.16. The Morgan fingerprint density at radius 1 is 0.318 bits per heavy atom. The first-order valence-electron chi connectivity index (χ1n) is 22.1. The highest BCUT2D eigenvalue weighted by molar-refractivity contribution is 6.22. The van der Waals surface area contributed by atoms with Gasteiger partial charge >= 0.3 is 0 Å². The molecular formula is C59H32N4O3. The fourth-order valence-corrected chi connectivity index (χ4v) is 10.6. The van der Waals surface area contributed by atoms with Gasteiger partial charge in [-0.15, -0.1) is 0 Å². The number of aromatic nitrogens is 4. The maximum Gasteiger partial charge on any atom is 0.170 e. The van der Waals surface area contributed by atoms with Gasteiger partial charge in [0.15, 0.2) is 17.5 Å². The molecule has 306 valence electrons. The van der Waals surface area contributed by atoms with Crippen LogP contribution in [0.15, 0.2) is 207 Å². The summed E-state index contributed by atoms with van der Waals surface area (Å²) in [5.41, 5.74) is 10.00. The number of benzene rings is 10. The lowest BCUT2D eigenvalue weighted by Gasteiger charge is -2.16. The van der Waals surface area contributed by atoms with E-state index in [1.165, 1.54) is 5.39 Å². The van der Waals surface area contributed by atoms with Crippen LogP contribution in [0.4, 0.5) is 0 Å². The van der Waals surface area contributed by atoms with E-state index in [9.17, 15) is 0 Å². The normalized spacial score (nSPS) is 12.2. The molecule has 0 unspecified atom stereocenters. The van der Waals surface area contributed by atoms with Crippen molar-refractivity contribution in [3.8, 4) is 39.9 Å². The molecule has 0 saturated carbocycles. The van der Waals surface area contributed by atoms with Crippen molar-refractivity contribution < 1.29 is 13.3 Å². The molecule has 7 nitrogen and oxygen atoms in total. The monoisotopic (exact) mass is 844 g/mol. The molecule has 0 spiro atoms. The van der Waals surface area contributed by atoms with E-state index in [0.29, 0.717) is 23.1 Å². The van der Waals surface area contributed by atoms with Gasteiger partial charge in [0.25, 0.3) is 0 Å². The average molecular weight is 845 g/mol. The van der Waals surface area contributed by atoms with Crippen LogP contribution in [0.1, 0.15) is 0 Å². The van der Waals surface area contributed by atoms with Crippen LogP contribution in [-0.4, -0.2) is 19.5 Å². The van der Waals surface area contributed by atoms with Crippen LogP contribution in [0, 0.1) is 0 Å². The van der Waals surface area contributed by atoms with E-state index < -0.39 is 0 Å². The summed E-state index contributed by atoms with van der Waals surface area (Å²) >= 11 is 0. The molecule has 0 amide bonds. The highest BCUT2D eigenvalue weighted by Gasteiger charge is 2.27. The largest absolute Gasteiger partial charge is 0.456 e. The molecule has 0 fully saturated rings. The molecule has 15 rings (SSSR count). The predicted molar refractivity (Wildman–Crippen MR) is 267 cm³/mol. The van der Waals surface area contributed by atoms with Gasteiger partial charge in [-0.1, -0.05) is 133 Å². The summed E-state index contributed by atoms with van der Waals surface area (Å²) in [4.78, 5) is 16.6. The first-order valence-corrected chi connectivity index (χ1v) is 22.1. The molecule has 0 aliphatic rings. The molecule has 0 N–H and O–H groups in total. The Balaban J connectivity index is 1.12. The van der Waals surface area contributed by atoms with E-state index in [1.54, 1.807) is 0 Å². The predicted octanol–water partition coefficient (Wildman–Crippen LogP) is 16.0. The Bertz CT molecular complexity index is 4420. The number of fused-ring (bicyclic) bond motifs is 15. The second kappa shape index (κ2) is 13.2. The molecule has 5 aromatic heterocycles. The molecule has 0 atom stereocenters. The van der Waals surface area contributed by atoms with Crippen LogP contribution in [0.5, 0.6) is 0 Å². The van der Waals surface area contributed by atoms with Gasteiger partial charge in [-0.2, -0.15) is 0 Å². The first kappa shape index (κ1) is 35.4. The van der Waals surface area contributed by atoms with Crippen molar-refractivity contribution in [1.82, 2.24) is 19.5 Å². The van der Waals surface area contributed by atoms with Gasteiger partial charge in [0.1, 0.15) is 33.5 Å². The third kappa shape index (κ3) is 4.93. The zero-order valence-corrected chi connectivity index (χ0v) is 35.0.